The third kappa shape index (κ3) is 4.18. The molecule has 0 bridgehead atoms. The van der Waals surface area contributed by atoms with E-state index in [1.54, 1.807) is 4.31 Å². The summed E-state index contributed by atoms with van der Waals surface area (Å²) in [6.45, 7) is 4.86. The van der Waals surface area contributed by atoms with Crippen LogP contribution < -0.4 is 0 Å². The first kappa shape index (κ1) is 15.3. The Hall–Kier alpha value is -1.13. The molecule has 1 aromatic rings. The van der Waals surface area contributed by atoms with Crippen LogP contribution in [0.2, 0.25) is 0 Å². The van der Waals surface area contributed by atoms with Gasteiger partial charge in [-0.2, -0.15) is 0 Å². The van der Waals surface area contributed by atoms with Crippen LogP contribution >= 0.6 is 0 Å². The van der Waals surface area contributed by atoms with Gasteiger partial charge in [-0.3, -0.25) is 0 Å². The number of hydrogen-bond donors (Lipinski definition) is 0. The first-order valence-corrected chi connectivity index (χ1v) is 8.85. The van der Waals surface area contributed by atoms with Crippen molar-refractivity contribution in [1.82, 2.24) is 4.31 Å². The third-order valence-corrected chi connectivity index (χ3v) is 5.66. The highest BCUT2D eigenvalue weighted by Crippen LogP contribution is 2.23. The number of rotatable bonds is 6. The molecule has 1 aliphatic rings. The van der Waals surface area contributed by atoms with Crippen molar-refractivity contribution in [3.63, 3.8) is 0 Å². The smallest absolute Gasteiger partial charge is 0.212 e. The molecule has 1 heterocycles. The van der Waals surface area contributed by atoms with Crippen molar-refractivity contribution in [2.75, 3.05) is 18.8 Å². The maximum Gasteiger partial charge on any atom is 0.217 e. The summed E-state index contributed by atoms with van der Waals surface area (Å²) in [5.74, 6) is 0.529. The van der Waals surface area contributed by atoms with E-state index < -0.39 is 10.0 Å². The molecule has 3 nitrogen and oxygen atoms in total. The van der Waals surface area contributed by atoms with Crippen LogP contribution in [0.1, 0.15) is 24.8 Å². The van der Waals surface area contributed by atoms with Crippen molar-refractivity contribution < 1.29 is 8.42 Å². The van der Waals surface area contributed by atoms with Crippen molar-refractivity contribution >= 4 is 10.0 Å². The predicted molar refractivity (Wildman–Crippen MR) is 83.0 cm³/mol. The monoisotopic (exact) mass is 293 g/mol. The molecule has 1 atom stereocenters. The molecule has 0 aromatic heterocycles. The van der Waals surface area contributed by atoms with Crippen LogP contribution in [0, 0.1) is 5.92 Å². The largest absolute Gasteiger partial charge is 0.217 e. The SMILES string of the molecule is C=CCS(=O)(=O)N1CCC[C@H](CCc2ccccc2)C1. The van der Waals surface area contributed by atoms with Gasteiger partial charge in [0.2, 0.25) is 10.0 Å². The zero-order chi connectivity index (χ0) is 14.4. The molecule has 1 fully saturated rings. The highest BCUT2D eigenvalue weighted by Gasteiger charge is 2.27. The van der Waals surface area contributed by atoms with Gasteiger partial charge in [0.05, 0.1) is 5.75 Å². The molecule has 0 radical (unpaired) electrons. The lowest BCUT2D eigenvalue weighted by Crippen LogP contribution is -2.40. The fourth-order valence-electron chi connectivity index (χ4n) is 2.78. The molecule has 0 saturated carbocycles. The van der Waals surface area contributed by atoms with E-state index in [4.69, 9.17) is 0 Å². The average molecular weight is 293 g/mol. The van der Waals surface area contributed by atoms with E-state index in [0.29, 0.717) is 19.0 Å². The first-order chi connectivity index (χ1) is 9.62. The molecule has 0 spiro atoms. The van der Waals surface area contributed by atoms with Crippen molar-refractivity contribution in [2.45, 2.75) is 25.7 Å². The van der Waals surface area contributed by atoms with Crippen LogP contribution in [0.4, 0.5) is 0 Å². The molecule has 4 heteroatoms. The Morgan fingerprint density at radius 2 is 2.05 bits per heavy atom. The number of aryl methyl sites for hydroxylation is 1. The van der Waals surface area contributed by atoms with Gasteiger partial charge in [0.15, 0.2) is 0 Å². The van der Waals surface area contributed by atoms with Crippen LogP contribution in [0.25, 0.3) is 0 Å². The van der Waals surface area contributed by atoms with Gasteiger partial charge in [0.1, 0.15) is 0 Å². The Bertz CT molecular complexity index is 525. The van der Waals surface area contributed by atoms with E-state index in [2.05, 4.69) is 30.8 Å². The Morgan fingerprint density at radius 1 is 1.30 bits per heavy atom. The quantitative estimate of drug-likeness (QED) is 0.756. The lowest BCUT2D eigenvalue weighted by molar-refractivity contribution is 0.256. The van der Waals surface area contributed by atoms with Crippen molar-refractivity contribution in [1.29, 1.82) is 0 Å². The van der Waals surface area contributed by atoms with Gasteiger partial charge in [0, 0.05) is 13.1 Å². The first-order valence-electron chi connectivity index (χ1n) is 7.24. The lowest BCUT2D eigenvalue weighted by Gasteiger charge is -2.31. The van der Waals surface area contributed by atoms with Gasteiger partial charge in [-0.05, 0) is 37.2 Å². The Kier molecular flexibility index (Phi) is 5.38. The predicted octanol–water partition coefficient (Wildman–Crippen LogP) is 2.85. The molecule has 0 N–H and O–H groups in total. The van der Waals surface area contributed by atoms with Crippen molar-refractivity contribution in [3.05, 3.63) is 48.6 Å². The maximum absolute atomic E-state index is 12.1. The molecule has 1 saturated heterocycles. The zero-order valence-electron chi connectivity index (χ0n) is 11.9. The summed E-state index contributed by atoms with van der Waals surface area (Å²) < 4.78 is 25.8. The summed E-state index contributed by atoms with van der Waals surface area (Å²) >= 11 is 0. The van der Waals surface area contributed by atoms with Crippen LogP contribution in [-0.4, -0.2) is 31.6 Å². The lowest BCUT2D eigenvalue weighted by atomic mass is 9.93. The molecular weight excluding hydrogens is 270 g/mol. The standard InChI is InChI=1S/C16H23NO2S/c1-2-13-20(18,19)17-12-6-9-16(14-17)11-10-15-7-4-3-5-8-15/h2-5,7-8,16H,1,6,9-14H2/t16-/m1/s1. The van der Waals surface area contributed by atoms with Gasteiger partial charge in [-0.15, -0.1) is 6.58 Å². The molecule has 20 heavy (non-hydrogen) atoms. The Morgan fingerprint density at radius 3 is 2.75 bits per heavy atom. The van der Waals surface area contributed by atoms with Crippen molar-refractivity contribution in [3.8, 4) is 0 Å². The molecular formula is C16H23NO2S. The van der Waals surface area contributed by atoms with E-state index in [0.717, 1.165) is 25.7 Å². The second-order valence-electron chi connectivity index (χ2n) is 5.46. The Balaban J connectivity index is 1.89. The second-order valence-corrected chi connectivity index (χ2v) is 7.47. The van der Waals surface area contributed by atoms with Gasteiger partial charge in [-0.1, -0.05) is 36.4 Å². The van der Waals surface area contributed by atoms with E-state index in [9.17, 15) is 8.42 Å². The normalized spacial score (nSPS) is 20.7. The maximum atomic E-state index is 12.1. The molecule has 1 aromatic carbocycles. The summed E-state index contributed by atoms with van der Waals surface area (Å²) in [6, 6.07) is 10.4. The van der Waals surface area contributed by atoms with Gasteiger partial charge in [-0.25, -0.2) is 12.7 Å². The fraction of sp³-hybridized carbons (Fsp3) is 0.500. The molecule has 0 unspecified atom stereocenters. The molecule has 0 aliphatic carbocycles. The highest BCUT2D eigenvalue weighted by atomic mass is 32.2. The van der Waals surface area contributed by atoms with Crippen LogP contribution in [0.15, 0.2) is 43.0 Å². The number of hydrogen-bond acceptors (Lipinski definition) is 2. The van der Waals surface area contributed by atoms with E-state index in [1.807, 2.05) is 6.07 Å². The Labute approximate surface area is 122 Å². The molecule has 1 aliphatic heterocycles. The minimum atomic E-state index is -3.13. The molecule has 110 valence electrons. The molecule has 2 rings (SSSR count). The third-order valence-electron chi connectivity index (χ3n) is 3.89. The van der Waals surface area contributed by atoms with Crippen molar-refractivity contribution in [2.24, 2.45) is 5.92 Å². The summed E-state index contributed by atoms with van der Waals surface area (Å²) in [5.41, 5.74) is 1.33. The zero-order valence-corrected chi connectivity index (χ0v) is 12.7. The highest BCUT2D eigenvalue weighted by molar-refractivity contribution is 7.89. The fourth-order valence-corrected chi connectivity index (χ4v) is 4.14. The number of piperidine rings is 1. The van der Waals surface area contributed by atoms with Gasteiger partial charge >= 0.3 is 0 Å². The number of benzene rings is 1. The average Bonchev–Trinajstić information content (AvgIpc) is 2.46. The van der Waals surface area contributed by atoms with Crippen LogP contribution in [0.5, 0.6) is 0 Å². The van der Waals surface area contributed by atoms with Crippen LogP contribution in [0.3, 0.4) is 0 Å². The summed E-state index contributed by atoms with van der Waals surface area (Å²) in [7, 11) is -3.13. The molecule has 0 amide bonds. The summed E-state index contributed by atoms with van der Waals surface area (Å²) in [6.07, 6.45) is 5.66. The van der Waals surface area contributed by atoms with Crippen LogP contribution in [-0.2, 0) is 16.4 Å². The number of nitrogens with zero attached hydrogens (tertiary/aromatic N) is 1. The van der Waals surface area contributed by atoms with E-state index >= 15 is 0 Å². The number of sulfonamides is 1. The van der Waals surface area contributed by atoms with E-state index in [1.165, 1.54) is 11.6 Å². The summed E-state index contributed by atoms with van der Waals surface area (Å²) in [5, 5.41) is 0. The van der Waals surface area contributed by atoms with Gasteiger partial charge in [0.25, 0.3) is 0 Å². The summed E-state index contributed by atoms with van der Waals surface area (Å²) in [4.78, 5) is 0. The topological polar surface area (TPSA) is 37.4 Å². The van der Waals surface area contributed by atoms with Gasteiger partial charge < -0.3 is 0 Å². The minimum Gasteiger partial charge on any atom is -0.212 e. The second kappa shape index (κ2) is 7.04. The minimum absolute atomic E-state index is 0.0540. The van der Waals surface area contributed by atoms with E-state index in [-0.39, 0.29) is 5.75 Å².